The number of hydrogen-bond donors (Lipinski definition) is 1. The molecule has 4 rings (SSSR count). The van der Waals surface area contributed by atoms with Crippen LogP contribution in [-0.2, 0) is 4.79 Å². The van der Waals surface area contributed by atoms with E-state index >= 15 is 0 Å². The van der Waals surface area contributed by atoms with Crippen LogP contribution in [0.5, 0.6) is 11.5 Å². The highest BCUT2D eigenvalue weighted by molar-refractivity contribution is 5.99. The second-order valence-electron chi connectivity index (χ2n) is 7.64. The van der Waals surface area contributed by atoms with Crippen molar-refractivity contribution >= 4 is 11.9 Å². The van der Waals surface area contributed by atoms with E-state index in [2.05, 4.69) is 42.3 Å². The van der Waals surface area contributed by atoms with E-state index < -0.39 is 5.54 Å². The molecule has 0 aromatic heterocycles. The Morgan fingerprint density at radius 1 is 1.26 bits per heavy atom. The Balaban J connectivity index is 1.70. The third-order valence-corrected chi connectivity index (χ3v) is 5.65. The van der Waals surface area contributed by atoms with Crippen LogP contribution < -0.4 is 15.2 Å². The standard InChI is InChI=1S/C21H25N3O3/c1-13-4-6-15(21(2)12-19(25)24(3)20(22)23-21)11-16(13)14-5-7-17-18(10-14)27-9-8-26-17/h4-7,10-11,13,16H,8-9,12H2,1-3H3,(H2,22,23). The molecular formula is C21H25N3O3. The molecule has 3 aliphatic rings. The van der Waals surface area contributed by atoms with Crippen LogP contribution >= 0.6 is 0 Å². The van der Waals surface area contributed by atoms with Crippen LogP contribution in [0.4, 0.5) is 0 Å². The zero-order valence-corrected chi connectivity index (χ0v) is 15.9. The van der Waals surface area contributed by atoms with Crippen LogP contribution in [0.1, 0.15) is 31.7 Å². The average molecular weight is 367 g/mol. The van der Waals surface area contributed by atoms with Gasteiger partial charge in [-0.25, -0.2) is 4.99 Å². The average Bonchev–Trinajstić information content (AvgIpc) is 2.66. The predicted molar refractivity (Wildman–Crippen MR) is 104 cm³/mol. The van der Waals surface area contributed by atoms with E-state index in [1.54, 1.807) is 7.05 Å². The minimum Gasteiger partial charge on any atom is -0.486 e. The number of fused-ring (bicyclic) bond motifs is 1. The lowest BCUT2D eigenvalue weighted by atomic mass is 9.76. The molecule has 0 saturated heterocycles. The molecule has 2 heterocycles. The molecule has 1 amide bonds. The molecule has 0 saturated carbocycles. The SMILES string of the molecule is CC1C=CC(C2(C)CC(=O)N(C)C(N)=N2)=CC1c1ccc2c(c1)OCCO2. The molecule has 3 unspecified atom stereocenters. The first-order valence-corrected chi connectivity index (χ1v) is 9.29. The normalized spacial score (nSPS) is 30.0. The topological polar surface area (TPSA) is 77.2 Å². The van der Waals surface area contributed by atoms with Crippen molar-refractivity contribution in [1.29, 1.82) is 0 Å². The van der Waals surface area contributed by atoms with Crippen LogP contribution in [0.3, 0.4) is 0 Å². The number of carbonyl (C=O) groups excluding carboxylic acids is 1. The molecule has 1 aliphatic carbocycles. The van der Waals surface area contributed by atoms with Crippen molar-refractivity contribution in [1.82, 2.24) is 4.90 Å². The van der Waals surface area contributed by atoms with Crippen molar-refractivity contribution < 1.29 is 14.3 Å². The number of amides is 1. The van der Waals surface area contributed by atoms with Gasteiger partial charge in [-0.2, -0.15) is 0 Å². The van der Waals surface area contributed by atoms with E-state index in [1.165, 1.54) is 4.90 Å². The first-order valence-electron chi connectivity index (χ1n) is 9.29. The third kappa shape index (κ3) is 3.09. The molecule has 27 heavy (non-hydrogen) atoms. The molecule has 6 heteroatoms. The summed E-state index contributed by atoms with van der Waals surface area (Å²) in [5.74, 6) is 2.32. The molecule has 0 bridgehead atoms. The second kappa shape index (κ2) is 6.44. The summed E-state index contributed by atoms with van der Waals surface area (Å²) in [6.45, 7) is 5.31. The lowest BCUT2D eigenvalue weighted by molar-refractivity contribution is -0.128. The number of nitrogens with zero attached hydrogens (tertiary/aromatic N) is 2. The first-order chi connectivity index (χ1) is 12.9. The molecule has 0 spiro atoms. The lowest BCUT2D eigenvalue weighted by Crippen LogP contribution is -2.49. The number of carbonyl (C=O) groups is 1. The summed E-state index contributed by atoms with van der Waals surface area (Å²) in [5, 5.41) is 0. The maximum Gasteiger partial charge on any atom is 0.231 e. The number of rotatable bonds is 2. The van der Waals surface area contributed by atoms with Gasteiger partial charge < -0.3 is 15.2 Å². The van der Waals surface area contributed by atoms with Crippen molar-refractivity contribution in [2.45, 2.75) is 31.7 Å². The number of aliphatic imine (C=N–C) groups is 1. The molecule has 2 aliphatic heterocycles. The highest BCUT2D eigenvalue weighted by atomic mass is 16.6. The van der Waals surface area contributed by atoms with Gasteiger partial charge in [-0.15, -0.1) is 0 Å². The second-order valence-corrected chi connectivity index (χ2v) is 7.64. The Hall–Kier alpha value is -2.76. The maximum absolute atomic E-state index is 12.3. The first kappa shape index (κ1) is 17.6. The molecule has 3 atom stereocenters. The minimum absolute atomic E-state index is 0.0196. The van der Waals surface area contributed by atoms with Crippen LogP contribution in [0.25, 0.3) is 0 Å². The zero-order valence-electron chi connectivity index (χ0n) is 15.9. The molecule has 2 N–H and O–H groups in total. The molecular weight excluding hydrogens is 342 g/mol. The fourth-order valence-corrected chi connectivity index (χ4v) is 3.88. The van der Waals surface area contributed by atoms with E-state index in [0.29, 0.717) is 25.6 Å². The fourth-order valence-electron chi connectivity index (χ4n) is 3.88. The van der Waals surface area contributed by atoms with Gasteiger partial charge in [0, 0.05) is 13.0 Å². The predicted octanol–water partition coefficient (Wildman–Crippen LogP) is 2.61. The summed E-state index contributed by atoms with van der Waals surface area (Å²) in [7, 11) is 1.66. The molecule has 6 nitrogen and oxygen atoms in total. The molecule has 1 aromatic carbocycles. The summed E-state index contributed by atoms with van der Waals surface area (Å²) < 4.78 is 11.4. The van der Waals surface area contributed by atoms with Crippen LogP contribution in [-0.4, -0.2) is 42.6 Å². The van der Waals surface area contributed by atoms with Gasteiger partial charge in [0.05, 0.1) is 12.0 Å². The Morgan fingerprint density at radius 3 is 2.74 bits per heavy atom. The van der Waals surface area contributed by atoms with Crippen molar-refractivity contribution in [2.24, 2.45) is 16.6 Å². The summed E-state index contributed by atoms with van der Waals surface area (Å²) in [6.07, 6.45) is 6.78. The Labute approximate surface area is 159 Å². The summed E-state index contributed by atoms with van der Waals surface area (Å²) in [4.78, 5) is 18.4. The monoisotopic (exact) mass is 367 g/mol. The Bertz CT molecular complexity index is 873. The summed E-state index contributed by atoms with van der Waals surface area (Å²) in [6, 6.07) is 6.11. The quantitative estimate of drug-likeness (QED) is 0.872. The Kier molecular flexibility index (Phi) is 4.21. The van der Waals surface area contributed by atoms with Crippen molar-refractivity contribution in [3.63, 3.8) is 0 Å². The molecule has 1 aromatic rings. The lowest BCUT2D eigenvalue weighted by Gasteiger charge is -2.36. The van der Waals surface area contributed by atoms with Crippen LogP contribution in [0.2, 0.25) is 0 Å². The highest BCUT2D eigenvalue weighted by Gasteiger charge is 2.38. The van der Waals surface area contributed by atoms with Crippen LogP contribution in [0, 0.1) is 5.92 Å². The van der Waals surface area contributed by atoms with Gasteiger partial charge in [0.1, 0.15) is 13.2 Å². The van der Waals surface area contributed by atoms with Crippen LogP contribution in [0.15, 0.2) is 47.0 Å². The van der Waals surface area contributed by atoms with Crippen molar-refractivity contribution in [2.75, 3.05) is 20.3 Å². The number of allylic oxidation sites excluding steroid dienone is 2. The number of nitrogens with two attached hydrogens (primary N) is 1. The number of hydrogen-bond acceptors (Lipinski definition) is 5. The summed E-state index contributed by atoms with van der Waals surface area (Å²) >= 11 is 0. The largest absolute Gasteiger partial charge is 0.486 e. The van der Waals surface area contributed by atoms with Gasteiger partial charge in [0.15, 0.2) is 17.5 Å². The van der Waals surface area contributed by atoms with E-state index in [9.17, 15) is 4.79 Å². The van der Waals surface area contributed by atoms with Gasteiger partial charge in [0.25, 0.3) is 0 Å². The zero-order chi connectivity index (χ0) is 19.2. The van der Waals surface area contributed by atoms with Crippen molar-refractivity contribution in [3.8, 4) is 11.5 Å². The van der Waals surface area contributed by atoms with E-state index in [4.69, 9.17) is 15.2 Å². The third-order valence-electron chi connectivity index (χ3n) is 5.65. The van der Waals surface area contributed by atoms with Gasteiger partial charge in [0.2, 0.25) is 5.91 Å². The van der Waals surface area contributed by atoms with Crippen molar-refractivity contribution in [3.05, 3.63) is 47.6 Å². The van der Waals surface area contributed by atoms with E-state index in [-0.39, 0.29) is 17.8 Å². The number of guanidine groups is 1. The van der Waals surface area contributed by atoms with Gasteiger partial charge in [-0.3, -0.25) is 9.69 Å². The van der Waals surface area contributed by atoms with E-state index in [0.717, 1.165) is 22.6 Å². The molecule has 0 fully saturated rings. The number of ether oxygens (including phenoxy) is 2. The summed E-state index contributed by atoms with van der Waals surface area (Å²) in [5.41, 5.74) is 7.51. The number of benzene rings is 1. The molecule has 142 valence electrons. The minimum atomic E-state index is -0.642. The van der Waals surface area contributed by atoms with Gasteiger partial charge in [-0.05, 0) is 36.1 Å². The maximum atomic E-state index is 12.3. The van der Waals surface area contributed by atoms with E-state index in [1.807, 2.05) is 13.0 Å². The molecule has 0 radical (unpaired) electrons. The Morgan fingerprint density at radius 2 is 2.00 bits per heavy atom. The highest BCUT2D eigenvalue weighted by Crippen LogP contribution is 2.41. The van der Waals surface area contributed by atoms with Gasteiger partial charge >= 0.3 is 0 Å². The van der Waals surface area contributed by atoms with Gasteiger partial charge in [-0.1, -0.05) is 31.2 Å². The fraction of sp³-hybridized carbons (Fsp3) is 0.429. The smallest absolute Gasteiger partial charge is 0.231 e.